The maximum Gasteiger partial charge on any atom is 0.261 e. The molecule has 1 aliphatic heterocycles. The summed E-state index contributed by atoms with van der Waals surface area (Å²) >= 11 is 0. The van der Waals surface area contributed by atoms with Gasteiger partial charge in [-0.25, -0.2) is 0 Å². The van der Waals surface area contributed by atoms with Crippen molar-refractivity contribution in [2.45, 2.75) is 32.2 Å². The van der Waals surface area contributed by atoms with Crippen LogP contribution in [0.2, 0.25) is 0 Å². The Hall–Kier alpha value is -3.07. The number of likely N-dealkylation sites (tertiary alicyclic amines) is 1. The van der Waals surface area contributed by atoms with Gasteiger partial charge in [-0.05, 0) is 37.5 Å². The van der Waals surface area contributed by atoms with Crippen molar-refractivity contribution in [2.24, 2.45) is 0 Å². The molecule has 2 amide bonds. The zero-order valence-corrected chi connectivity index (χ0v) is 14.8. The summed E-state index contributed by atoms with van der Waals surface area (Å²) in [7, 11) is 1.54. The summed E-state index contributed by atoms with van der Waals surface area (Å²) in [6.07, 6.45) is 5.10. The van der Waals surface area contributed by atoms with Gasteiger partial charge in [-0.3, -0.25) is 14.5 Å². The lowest BCUT2D eigenvalue weighted by Crippen LogP contribution is -2.34. The van der Waals surface area contributed by atoms with Gasteiger partial charge in [0.25, 0.3) is 11.8 Å². The van der Waals surface area contributed by atoms with Crippen molar-refractivity contribution in [1.82, 2.24) is 4.90 Å². The molecule has 0 spiro atoms. The molecule has 1 aliphatic carbocycles. The van der Waals surface area contributed by atoms with Gasteiger partial charge in [0.1, 0.15) is 0 Å². The summed E-state index contributed by atoms with van der Waals surface area (Å²) in [4.78, 5) is 26.8. The molecule has 1 unspecified atom stereocenters. The number of nitrogens with zero attached hydrogens (tertiary/aromatic N) is 2. The van der Waals surface area contributed by atoms with E-state index < -0.39 is 6.04 Å². The predicted molar refractivity (Wildman–Crippen MR) is 94.4 cm³/mol. The highest BCUT2D eigenvalue weighted by atomic mass is 16.5. The summed E-state index contributed by atoms with van der Waals surface area (Å²) in [5.74, 6) is 0.403. The third kappa shape index (κ3) is 2.97. The Morgan fingerprint density at radius 3 is 2.35 bits per heavy atom. The number of hydrogen-bond donors (Lipinski definition) is 0. The van der Waals surface area contributed by atoms with Crippen LogP contribution in [0.4, 0.5) is 0 Å². The van der Waals surface area contributed by atoms with Crippen molar-refractivity contribution in [1.29, 1.82) is 5.26 Å². The van der Waals surface area contributed by atoms with Crippen molar-refractivity contribution in [3.05, 3.63) is 47.1 Å². The number of benzene rings is 1. The van der Waals surface area contributed by atoms with E-state index in [4.69, 9.17) is 9.47 Å². The lowest BCUT2D eigenvalue weighted by atomic mass is 10.0. The third-order valence-corrected chi connectivity index (χ3v) is 4.52. The largest absolute Gasteiger partial charge is 0.493 e. The number of imide groups is 1. The van der Waals surface area contributed by atoms with Gasteiger partial charge in [-0.15, -0.1) is 0 Å². The first kappa shape index (κ1) is 17.7. The van der Waals surface area contributed by atoms with Gasteiger partial charge in [0, 0.05) is 11.1 Å². The highest BCUT2D eigenvalue weighted by Crippen LogP contribution is 2.39. The average molecular weight is 352 g/mol. The lowest BCUT2D eigenvalue weighted by molar-refractivity contribution is -0.139. The van der Waals surface area contributed by atoms with Gasteiger partial charge >= 0.3 is 0 Å². The molecule has 6 nitrogen and oxygen atoms in total. The minimum absolute atomic E-state index is 0.00985. The summed E-state index contributed by atoms with van der Waals surface area (Å²) in [5.41, 5.74) is 1.56. The van der Waals surface area contributed by atoms with Crippen LogP contribution in [0.15, 0.2) is 41.5 Å². The molecule has 1 heterocycles. The molecule has 0 aromatic heterocycles. The molecule has 3 rings (SSSR count). The molecular weight excluding hydrogens is 332 g/mol. The number of rotatable bonds is 6. The first-order chi connectivity index (χ1) is 12.6. The SMILES string of the molecule is CCOc1cc(C(CC#N)N2C(=O)C3=CCCC=C3C2=O)ccc1OC. The summed E-state index contributed by atoms with van der Waals surface area (Å²) in [6, 6.07) is 6.63. The first-order valence-corrected chi connectivity index (χ1v) is 8.58. The highest BCUT2D eigenvalue weighted by Gasteiger charge is 2.43. The Kier molecular flexibility index (Phi) is 5.08. The smallest absolute Gasteiger partial charge is 0.261 e. The van der Waals surface area contributed by atoms with Gasteiger partial charge in [-0.2, -0.15) is 5.26 Å². The molecule has 0 saturated carbocycles. The van der Waals surface area contributed by atoms with Crippen molar-refractivity contribution in [2.75, 3.05) is 13.7 Å². The Bertz CT molecular complexity index is 816. The minimum atomic E-state index is -0.669. The molecule has 0 radical (unpaired) electrons. The topological polar surface area (TPSA) is 79.6 Å². The number of nitriles is 1. The fourth-order valence-corrected chi connectivity index (χ4v) is 3.33. The van der Waals surface area contributed by atoms with E-state index >= 15 is 0 Å². The number of methoxy groups -OCH3 is 1. The van der Waals surface area contributed by atoms with Crippen LogP contribution < -0.4 is 9.47 Å². The van der Waals surface area contributed by atoms with Crippen LogP contribution in [-0.4, -0.2) is 30.4 Å². The minimum Gasteiger partial charge on any atom is -0.493 e. The maximum absolute atomic E-state index is 12.8. The van der Waals surface area contributed by atoms with E-state index in [9.17, 15) is 14.9 Å². The van der Waals surface area contributed by atoms with Crippen LogP contribution in [0.5, 0.6) is 11.5 Å². The number of hydrogen-bond acceptors (Lipinski definition) is 5. The molecule has 1 saturated heterocycles. The molecular formula is C20H20N2O4. The second-order valence-electron chi connectivity index (χ2n) is 6.01. The number of allylic oxidation sites excluding steroid dienone is 2. The van der Waals surface area contributed by atoms with Crippen molar-refractivity contribution in [3.8, 4) is 17.6 Å². The van der Waals surface area contributed by atoms with E-state index in [1.807, 2.05) is 6.92 Å². The van der Waals surface area contributed by atoms with E-state index in [1.54, 1.807) is 37.5 Å². The Balaban J connectivity index is 2.03. The van der Waals surface area contributed by atoms with E-state index in [-0.39, 0.29) is 18.2 Å². The first-order valence-electron chi connectivity index (χ1n) is 8.58. The number of amides is 2. The lowest BCUT2D eigenvalue weighted by Gasteiger charge is -2.25. The van der Waals surface area contributed by atoms with Crippen molar-refractivity contribution in [3.63, 3.8) is 0 Å². The van der Waals surface area contributed by atoms with Crippen molar-refractivity contribution >= 4 is 11.8 Å². The highest BCUT2D eigenvalue weighted by molar-refractivity contribution is 6.24. The van der Waals surface area contributed by atoms with Gasteiger partial charge in [0.2, 0.25) is 0 Å². The fraction of sp³-hybridized carbons (Fsp3) is 0.350. The zero-order chi connectivity index (χ0) is 18.7. The van der Waals surface area contributed by atoms with Gasteiger partial charge in [0.05, 0.1) is 32.2 Å². The second kappa shape index (κ2) is 7.44. The van der Waals surface area contributed by atoms with Crippen LogP contribution in [-0.2, 0) is 9.59 Å². The van der Waals surface area contributed by atoms with Gasteiger partial charge in [0.15, 0.2) is 11.5 Å². The second-order valence-corrected chi connectivity index (χ2v) is 6.01. The number of carbonyl (C=O) groups excluding carboxylic acids is 2. The Labute approximate surface area is 152 Å². The third-order valence-electron chi connectivity index (χ3n) is 4.52. The summed E-state index contributed by atoms with van der Waals surface area (Å²) < 4.78 is 10.9. The van der Waals surface area contributed by atoms with Gasteiger partial charge in [-0.1, -0.05) is 18.2 Å². The predicted octanol–water partition coefficient (Wildman–Crippen LogP) is 3.06. The molecule has 0 bridgehead atoms. The van der Waals surface area contributed by atoms with Crippen LogP contribution in [0.25, 0.3) is 0 Å². The molecule has 0 N–H and O–H groups in total. The normalized spacial score (nSPS) is 17.2. The Morgan fingerprint density at radius 2 is 1.81 bits per heavy atom. The molecule has 1 aromatic rings. The summed E-state index contributed by atoms with van der Waals surface area (Å²) in [6.45, 7) is 2.31. The molecule has 134 valence electrons. The average Bonchev–Trinajstić information content (AvgIpc) is 2.91. The summed E-state index contributed by atoms with van der Waals surface area (Å²) in [5, 5.41) is 9.28. The van der Waals surface area contributed by atoms with E-state index in [2.05, 4.69) is 6.07 Å². The zero-order valence-electron chi connectivity index (χ0n) is 14.8. The van der Waals surface area contributed by atoms with E-state index in [1.165, 1.54) is 4.90 Å². The fourth-order valence-electron chi connectivity index (χ4n) is 3.33. The van der Waals surface area contributed by atoms with Gasteiger partial charge < -0.3 is 9.47 Å². The molecule has 1 atom stereocenters. The van der Waals surface area contributed by atoms with Crippen LogP contribution in [0.1, 0.15) is 37.8 Å². The van der Waals surface area contributed by atoms with E-state index in [0.29, 0.717) is 34.8 Å². The molecule has 1 fully saturated rings. The van der Waals surface area contributed by atoms with Crippen LogP contribution in [0, 0.1) is 11.3 Å². The number of ether oxygens (including phenoxy) is 2. The quantitative estimate of drug-likeness (QED) is 0.735. The monoisotopic (exact) mass is 352 g/mol. The van der Waals surface area contributed by atoms with Crippen LogP contribution >= 0.6 is 0 Å². The maximum atomic E-state index is 12.8. The molecule has 26 heavy (non-hydrogen) atoms. The molecule has 2 aliphatic rings. The number of fused-ring (bicyclic) bond motifs is 1. The molecule has 1 aromatic carbocycles. The standard InChI is InChI=1S/C20H20N2O4/c1-3-26-18-12-13(8-9-17(18)25-2)16(10-11-21)22-19(23)14-6-4-5-7-15(14)20(22)24/h6-9,12,16H,3-5,10H2,1-2H3. The Morgan fingerprint density at radius 1 is 1.15 bits per heavy atom. The van der Waals surface area contributed by atoms with Crippen LogP contribution in [0.3, 0.4) is 0 Å². The number of carbonyl (C=O) groups is 2. The van der Waals surface area contributed by atoms with Crippen molar-refractivity contribution < 1.29 is 19.1 Å². The van der Waals surface area contributed by atoms with E-state index in [0.717, 1.165) is 12.8 Å². The molecule has 6 heteroatoms.